The Morgan fingerprint density at radius 2 is 2.04 bits per heavy atom. The predicted octanol–water partition coefficient (Wildman–Crippen LogP) is 2.27. The third kappa shape index (κ3) is 5.51. The van der Waals surface area contributed by atoms with Crippen LogP contribution in [0.2, 0.25) is 0 Å². The lowest BCUT2D eigenvalue weighted by Crippen LogP contribution is -2.43. The van der Waals surface area contributed by atoms with Crippen LogP contribution in [0.4, 0.5) is 0 Å². The molecule has 2 heterocycles. The summed E-state index contributed by atoms with van der Waals surface area (Å²) in [6.45, 7) is 5.34. The molecule has 3 rings (SSSR count). The first-order chi connectivity index (χ1) is 13.0. The predicted molar refractivity (Wildman–Crippen MR) is 105 cm³/mol. The number of carbonyl (C=O) groups is 1. The zero-order valence-electron chi connectivity index (χ0n) is 15.8. The number of furan rings is 1. The first-order valence-corrected chi connectivity index (χ1v) is 10.8. The van der Waals surface area contributed by atoms with Crippen LogP contribution in [-0.4, -0.2) is 54.1 Å². The van der Waals surface area contributed by atoms with E-state index in [2.05, 4.69) is 10.2 Å². The largest absolute Gasteiger partial charge is 0.465 e. The summed E-state index contributed by atoms with van der Waals surface area (Å²) < 4.78 is 22.7. The lowest BCUT2D eigenvalue weighted by atomic mass is 10.1. The molecule has 1 aliphatic heterocycles. The summed E-state index contributed by atoms with van der Waals surface area (Å²) in [5.41, 5.74) is 1.48. The topological polar surface area (TPSA) is 71.8 Å². The normalized spacial score (nSPS) is 17.4. The molecule has 146 valence electrons. The van der Waals surface area contributed by atoms with Crippen molar-refractivity contribution in [2.75, 3.05) is 39.1 Å². The van der Waals surface area contributed by atoms with Gasteiger partial charge in [0.2, 0.25) is 0 Å². The molecule has 0 spiro atoms. The molecule has 7 heteroatoms. The Balaban J connectivity index is 1.69. The van der Waals surface area contributed by atoms with Gasteiger partial charge in [-0.05, 0) is 36.8 Å². The zero-order valence-corrected chi connectivity index (χ0v) is 16.6. The van der Waals surface area contributed by atoms with Crippen molar-refractivity contribution in [1.29, 1.82) is 0 Å². The molecule has 1 aromatic heterocycles. The van der Waals surface area contributed by atoms with Crippen molar-refractivity contribution >= 4 is 16.7 Å². The number of amides is 1. The molecule has 1 N–H and O–H groups in total. The van der Waals surface area contributed by atoms with Crippen LogP contribution in [-0.2, 0) is 21.3 Å². The molecule has 2 atom stereocenters. The van der Waals surface area contributed by atoms with Crippen LogP contribution >= 0.6 is 0 Å². The summed E-state index contributed by atoms with van der Waals surface area (Å²) in [5, 5.41) is 3.03. The van der Waals surface area contributed by atoms with Gasteiger partial charge in [-0.1, -0.05) is 12.1 Å². The van der Waals surface area contributed by atoms with Crippen molar-refractivity contribution in [3.63, 3.8) is 0 Å². The second kappa shape index (κ2) is 9.30. The van der Waals surface area contributed by atoms with Crippen LogP contribution in [0.5, 0.6) is 0 Å². The molecule has 2 unspecified atom stereocenters. The minimum Gasteiger partial charge on any atom is -0.465 e. The molecule has 1 fully saturated rings. The second-order valence-corrected chi connectivity index (χ2v) is 8.18. The Bertz CT molecular complexity index is 799. The van der Waals surface area contributed by atoms with Gasteiger partial charge >= 0.3 is 0 Å². The molecule has 1 aromatic carbocycles. The van der Waals surface area contributed by atoms with Crippen molar-refractivity contribution in [2.24, 2.45) is 0 Å². The quantitative estimate of drug-likeness (QED) is 0.785. The average Bonchev–Trinajstić information content (AvgIpc) is 3.08. The third-order valence-electron chi connectivity index (χ3n) is 4.59. The number of aryl methyl sites for hydroxylation is 1. The number of rotatable bonds is 7. The van der Waals surface area contributed by atoms with Gasteiger partial charge in [-0.3, -0.25) is 13.9 Å². The van der Waals surface area contributed by atoms with E-state index in [0.717, 1.165) is 30.2 Å². The molecule has 0 radical (unpaired) electrons. The van der Waals surface area contributed by atoms with E-state index in [4.69, 9.17) is 9.15 Å². The molecule has 1 saturated heterocycles. The second-order valence-electron chi connectivity index (χ2n) is 6.74. The van der Waals surface area contributed by atoms with E-state index in [9.17, 15) is 9.00 Å². The van der Waals surface area contributed by atoms with Crippen LogP contribution in [0, 0.1) is 6.92 Å². The SMILES string of the molecule is Cc1ccc(C(CNC(=O)c2cccc(CS(C)=O)c2)N2CCOCC2)o1. The van der Waals surface area contributed by atoms with E-state index >= 15 is 0 Å². The van der Waals surface area contributed by atoms with Crippen molar-refractivity contribution < 1.29 is 18.2 Å². The Morgan fingerprint density at radius 3 is 2.70 bits per heavy atom. The zero-order chi connectivity index (χ0) is 19.2. The third-order valence-corrected chi connectivity index (χ3v) is 5.33. The first kappa shape index (κ1) is 19.8. The van der Waals surface area contributed by atoms with Crippen LogP contribution in [0.1, 0.15) is 33.5 Å². The van der Waals surface area contributed by atoms with Crippen molar-refractivity contribution in [3.05, 3.63) is 59.0 Å². The number of hydrogen-bond donors (Lipinski definition) is 1. The van der Waals surface area contributed by atoms with E-state index in [0.29, 0.717) is 31.1 Å². The highest BCUT2D eigenvalue weighted by molar-refractivity contribution is 7.83. The Morgan fingerprint density at radius 1 is 1.26 bits per heavy atom. The molecular weight excluding hydrogens is 364 g/mol. The van der Waals surface area contributed by atoms with Gasteiger partial charge in [0, 0.05) is 48.0 Å². The number of nitrogens with zero attached hydrogens (tertiary/aromatic N) is 1. The number of carbonyl (C=O) groups excluding carboxylic acids is 1. The molecule has 0 saturated carbocycles. The fourth-order valence-corrected chi connectivity index (χ4v) is 3.91. The monoisotopic (exact) mass is 390 g/mol. The van der Waals surface area contributed by atoms with Gasteiger partial charge in [-0.2, -0.15) is 0 Å². The van der Waals surface area contributed by atoms with Crippen LogP contribution in [0.3, 0.4) is 0 Å². The van der Waals surface area contributed by atoms with Gasteiger partial charge in [-0.25, -0.2) is 0 Å². The highest BCUT2D eigenvalue weighted by Crippen LogP contribution is 2.23. The van der Waals surface area contributed by atoms with E-state index < -0.39 is 10.8 Å². The maximum Gasteiger partial charge on any atom is 0.251 e. The maximum absolute atomic E-state index is 12.6. The first-order valence-electron chi connectivity index (χ1n) is 9.08. The highest BCUT2D eigenvalue weighted by atomic mass is 32.2. The minimum absolute atomic E-state index is 0.0297. The summed E-state index contributed by atoms with van der Waals surface area (Å²) in [7, 11) is -0.938. The standard InChI is InChI=1S/C20H26N2O4S/c1-15-6-7-19(26-15)18(22-8-10-25-11-9-22)13-21-20(23)17-5-3-4-16(12-17)14-27(2)24/h3-7,12,18H,8-11,13-14H2,1-2H3,(H,21,23). The molecule has 6 nitrogen and oxygen atoms in total. The van der Waals surface area contributed by atoms with Gasteiger partial charge in [0.15, 0.2) is 0 Å². The van der Waals surface area contributed by atoms with Crippen LogP contribution in [0.25, 0.3) is 0 Å². The molecule has 1 amide bonds. The average molecular weight is 391 g/mol. The number of morpholine rings is 1. The molecular formula is C20H26N2O4S. The van der Waals surface area contributed by atoms with Gasteiger partial charge in [0.25, 0.3) is 5.91 Å². The molecule has 27 heavy (non-hydrogen) atoms. The fraction of sp³-hybridized carbons (Fsp3) is 0.450. The van der Waals surface area contributed by atoms with Crippen molar-refractivity contribution in [1.82, 2.24) is 10.2 Å². The fourth-order valence-electron chi connectivity index (χ4n) is 3.26. The lowest BCUT2D eigenvalue weighted by molar-refractivity contribution is 0.0117. The minimum atomic E-state index is -0.938. The summed E-state index contributed by atoms with van der Waals surface area (Å²) in [6, 6.07) is 11.2. The maximum atomic E-state index is 12.6. The van der Waals surface area contributed by atoms with Gasteiger partial charge in [0.05, 0.1) is 19.3 Å². The van der Waals surface area contributed by atoms with E-state index in [-0.39, 0.29) is 11.9 Å². The number of ether oxygens (including phenoxy) is 1. The summed E-state index contributed by atoms with van der Waals surface area (Å²) in [5.74, 6) is 2.02. The van der Waals surface area contributed by atoms with E-state index in [1.54, 1.807) is 18.4 Å². The summed E-state index contributed by atoms with van der Waals surface area (Å²) in [6.07, 6.45) is 1.66. The Hall–Kier alpha value is -1.96. The highest BCUT2D eigenvalue weighted by Gasteiger charge is 2.25. The van der Waals surface area contributed by atoms with Crippen molar-refractivity contribution in [2.45, 2.75) is 18.7 Å². The number of nitrogens with one attached hydrogen (secondary N) is 1. The molecule has 2 aromatic rings. The van der Waals surface area contributed by atoms with Gasteiger partial charge in [-0.15, -0.1) is 0 Å². The smallest absolute Gasteiger partial charge is 0.251 e. The summed E-state index contributed by atoms with van der Waals surface area (Å²) >= 11 is 0. The number of benzene rings is 1. The molecule has 0 aliphatic carbocycles. The van der Waals surface area contributed by atoms with E-state index in [1.165, 1.54) is 0 Å². The van der Waals surface area contributed by atoms with Gasteiger partial charge in [0.1, 0.15) is 11.5 Å². The number of hydrogen-bond acceptors (Lipinski definition) is 5. The van der Waals surface area contributed by atoms with Gasteiger partial charge < -0.3 is 14.5 Å². The molecule has 0 bridgehead atoms. The Labute approximate surface area is 162 Å². The van der Waals surface area contributed by atoms with Crippen LogP contribution in [0.15, 0.2) is 40.8 Å². The summed E-state index contributed by atoms with van der Waals surface area (Å²) in [4.78, 5) is 14.9. The van der Waals surface area contributed by atoms with E-state index in [1.807, 2.05) is 31.2 Å². The Kier molecular flexibility index (Phi) is 6.82. The van der Waals surface area contributed by atoms with Crippen molar-refractivity contribution in [3.8, 4) is 0 Å². The van der Waals surface area contributed by atoms with Crippen LogP contribution < -0.4 is 5.32 Å². The lowest BCUT2D eigenvalue weighted by Gasteiger charge is -2.33. The molecule has 1 aliphatic rings.